The molecule has 1 aromatic carbocycles. The van der Waals surface area contributed by atoms with Gasteiger partial charge in [-0.25, -0.2) is 4.98 Å². The molecule has 6 heteroatoms. The van der Waals surface area contributed by atoms with Crippen LogP contribution in [0.3, 0.4) is 0 Å². The molecule has 0 amide bonds. The molecular weight excluding hydrogens is 301 g/mol. The van der Waals surface area contributed by atoms with Crippen LogP contribution < -0.4 is 4.90 Å². The lowest BCUT2D eigenvalue weighted by atomic mass is 10.1. The van der Waals surface area contributed by atoms with E-state index in [2.05, 4.69) is 9.88 Å². The third-order valence-corrected chi connectivity index (χ3v) is 4.07. The number of alkyl halides is 3. The van der Waals surface area contributed by atoms with Gasteiger partial charge in [-0.2, -0.15) is 13.2 Å². The van der Waals surface area contributed by atoms with Crippen molar-refractivity contribution in [2.24, 2.45) is 0 Å². The number of piperidine rings is 1. The number of aromatic nitrogens is 1. The van der Waals surface area contributed by atoms with Gasteiger partial charge in [-0.3, -0.25) is 0 Å². The van der Waals surface area contributed by atoms with Crippen LogP contribution in [-0.4, -0.2) is 18.1 Å². The van der Waals surface area contributed by atoms with Crippen molar-refractivity contribution in [1.29, 1.82) is 0 Å². The van der Waals surface area contributed by atoms with Crippen LogP contribution >= 0.6 is 11.6 Å². The molecule has 0 radical (unpaired) electrons. The summed E-state index contributed by atoms with van der Waals surface area (Å²) in [6.45, 7) is 1.94. The fraction of sp³-hybridized carbons (Fsp3) is 0.400. The van der Waals surface area contributed by atoms with E-state index in [-0.39, 0.29) is 10.5 Å². The summed E-state index contributed by atoms with van der Waals surface area (Å²) in [6.07, 6.45) is -0.987. The summed E-state index contributed by atoms with van der Waals surface area (Å²) < 4.78 is 38.2. The van der Waals surface area contributed by atoms with Crippen molar-refractivity contribution in [3.63, 3.8) is 0 Å². The van der Waals surface area contributed by atoms with E-state index in [0.717, 1.165) is 37.7 Å². The van der Waals surface area contributed by atoms with Crippen molar-refractivity contribution in [3.8, 4) is 0 Å². The van der Waals surface area contributed by atoms with E-state index in [1.807, 2.05) is 12.1 Å². The molecule has 2 aromatic rings. The zero-order chi connectivity index (χ0) is 15.0. The van der Waals surface area contributed by atoms with Gasteiger partial charge in [0, 0.05) is 24.2 Å². The molecule has 1 aliphatic rings. The van der Waals surface area contributed by atoms with Gasteiger partial charge in [-0.1, -0.05) is 11.6 Å². The highest BCUT2D eigenvalue weighted by Crippen LogP contribution is 2.34. The first-order chi connectivity index (χ1) is 9.95. The maximum absolute atomic E-state index is 12.7. The molecule has 2 heterocycles. The van der Waals surface area contributed by atoms with Gasteiger partial charge in [0.05, 0.1) is 10.5 Å². The largest absolute Gasteiger partial charge is 0.433 e. The minimum atomic E-state index is -4.48. The van der Waals surface area contributed by atoms with Crippen LogP contribution in [0, 0.1) is 0 Å². The Morgan fingerprint density at radius 2 is 1.76 bits per heavy atom. The SMILES string of the molecule is FC(F)(F)c1cc(Cl)c2cc(N3CCCCC3)ccc2n1. The third-order valence-electron chi connectivity index (χ3n) is 3.75. The molecule has 1 aromatic heterocycles. The number of nitrogens with zero attached hydrogens (tertiary/aromatic N) is 2. The van der Waals surface area contributed by atoms with Crippen molar-refractivity contribution in [3.05, 3.63) is 35.0 Å². The maximum atomic E-state index is 12.7. The number of anilines is 1. The number of pyridine rings is 1. The highest BCUT2D eigenvalue weighted by molar-refractivity contribution is 6.35. The number of fused-ring (bicyclic) bond motifs is 1. The predicted octanol–water partition coefficient (Wildman–Crippen LogP) is 4.90. The molecule has 0 saturated carbocycles. The molecule has 2 nitrogen and oxygen atoms in total. The molecule has 112 valence electrons. The topological polar surface area (TPSA) is 16.1 Å². The Kier molecular flexibility index (Phi) is 3.69. The van der Waals surface area contributed by atoms with Gasteiger partial charge in [-0.15, -0.1) is 0 Å². The minimum Gasteiger partial charge on any atom is -0.372 e. The fourth-order valence-electron chi connectivity index (χ4n) is 2.67. The first-order valence-corrected chi connectivity index (χ1v) is 7.25. The number of hydrogen-bond acceptors (Lipinski definition) is 2. The predicted molar refractivity (Wildman–Crippen MR) is 77.8 cm³/mol. The molecule has 0 bridgehead atoms. The van der Waals surface area contributed by atoms with Crippen LogP contribution in [0.15, 0.2) is 24.3 Å². The molecule has 1 saturated heterocycles. The zero-order valence-electron chi connectivity index (χ0n) is 11.3. The summed E-state index contributed by atoms with van der Waals surface area (Å²) in [6, 6.07) is 6.15. The van der Waals surface area contributed by atoms with Gasteiger partial charge in [-0.05, 0) is 43.5 Å². The van der Waals surface area contributed by atoms with Crippen LogP contribution in [0.25, 0.3) is 10.9 Å². The average molecular weight is 315 g/mol. The normalized spacial score (nSPS) is 16.5. The Labute approximate surface area is 125 Å². The number of rotatable bonds is 1. The van der Waals surface area contributed by atoms with E-state index in [1.165, 1.54) is 6.42 Å². The Bertz CT molecular complexity index is 664. The lowest BCUT2D eigenvalue weighted by Crippen LogP contribution is -2.29. The molecule has 0 unspecified atom stereocenters. The summed E-state index contributed by atoms with van der Waals surface area (Å²) in [5.41, 5.74) is 0.312. The monoisotopic (exact) mass is 314 g/mol. The second-order valence-corrected chi connectivity index (χ2v) is 5.64. The van der Waals surface area contributed by atoms with E-state index >= 15 is 0 Å². The van der Waals surface area contributed by atoms with Crippen LogP contribution in [-0.2, 0) is 6.18 Å². The Morgan fingerprint density at radius 3 is 2.43 bits per heavy atom. The maximum Gasteiger partial charge on any atom is 0.433 e. The van der Waals surface area contributed by atoms with Gasteiger partial charge >= 0.3 is 6.18 Å². The molecular formula is C15H14ClF3N2. The number of hydrogen-bond donors (Lipinski definition) is 0. The number of benzene rings is 1. The Balaban J connectivity index is 2.04. The van der Waals surface area contributed by atoms with Crippen LogP contribution in [0.1, 0.15) is 25.0 Å². The van der Waals surface area contributed by atoms with E-state index in [0.29, 0.717) is 5.39 Å². The van der Waals surface area contributed by atoms with Crippen molar-refractivity contribution >= 4 is 28.2 Å². The molecule has 0 spiro atoms. The van der Waals surface area contributed by atoms with Crippen LogP contribution in [0.5, 0.6) is 0 Å². The van der Waals surface area contributed by atoms with Gasteiger partial charge in [0.25, 0.3) is 0 Å². The summed E-state index contributed by atoms with van der Waals surface area (Å²) in [5.74, 6) is 0. The van der Waals surface area contributed by atoms with E-state index in [9.17, 15) is 13.2 Å². The van der Waals surface area contributed by atoms with E-state index < -0.39 is 11.9 Å². The smallest absolute Gasteiger partial charge is 0.372 e. The quantitative estimate of drug-likeness (QED) is 0.744. The molecule has 1 fully saturated rings. The first-order valence-electron chi connectivity index (χ1n) is 6.87. The molecule has 0 atom stereocenters. The first kappa shape index (κ1) is 14.4. The number of halogens is 4. The van der Waals surface area contributed by atoms with Crippen molar-refractivity contribution in [2.75, 3.05) is 18.0 Å². The van der Waals surface area contributed by atoms with Crippen molar-refractivity contribution in [1.82, 2.24) is 4.98 Å². The molecule has 0 N–H and O–H groups in total. The van der Waals surface area contributed by atoms with E-state index in [1.54, 1.807) is 6.07 Å². The summed E-state index contributed by atoms with van der Waals surface area (Å²) >= 11 is 6.02. The van der Waals surface area contributed by atoms with Gasteiger partial charge in [0.1, 0.15) is 5.69 Å². The summed E-state index contributed by atoms with van der Waals surface area (Å²) in [5, 5.41) is 0.652. The minimum absolute atomic E-state index is 0.0891. The Morgan fingerprint density at radius 1 is 1.05 bits per heavy atom. The standard InChI is InChI=1S/C15H14ClF3N2/c16-12-9-14(15(17,18)19)20-13-5-4-10(8-11(12)13)21-6-2-1-3-7-21/h4-5,8-9H,1-3,6-7H2. The van der Waals surface area contributed by atoms with Gasteiger partial charge in [0.15, 0.2) is 0 Å². The summed E-state index contributed by atoms with van der Waals surface area (Å²) in [7, 11) is 0. The molecule has 21 heavy (non-hydrogen) atoms. The third kappa shape index (κ3) is 2.93. The van der Waals surface area contributed by atoms with Crippen LogP contribution in [0.4, 0.5) is 18.9 Å². The molecule has 1 aliphatic heterocycles. The van der Waals surface area contributed by atoms with Crippen molar-refractivity contribution < 1.29 is 13.2 Å². The fourth-order valence-corrected chi connectivity index (χ4v) is 2.92. The average Bonchev–Trinajstić information content (AvgIpc) is 2.47. The zero-order valence-corrected chi connectivity index (χ0v) is 12.0. The Hall–Kier alpha value is -1.49. The van der Waals surface area contributed by atoms with E-state index in [4.69, 9.17) is 11.6 Å². The lowest BCUT2D eigenvalue weighted by molar-refractivity contribution is -0.140. The highest BCUT2D eigenvalue weighted by atomic mass is 35.5. The van der Waals surface area contributed by atoms with Gasteiger partial charge in [0.2, 0.25) is 0 Å². The van der Waals surface area contributed by atoms with Crippen molar-refractivity contribution in [2.45, 2.75) is 25.4 Å². The lowest BCUT2D eigenvalue weighted by Gasteiger charge is -2.29. The second kappa shape index (κ2) is 5.37. The summed E-state index contributed by atoms with van der Waals surface area (Å²) in [4.78, 5) is 5.90. The van der Waals surface area contributed by atoms with Crippen LogP contribution in [0.2, 0.25) is 5.02 Å². The van der Waals surface area contributed by atoms with Gasteiger partial charge < -0.3 is 4.90 Å². The highest BCUT2D eigenvalue weighted by Gasteiger charge is 2.33. The molecule has 0 aliphatic carbocycles. The molecule has 3 rings (SSSR count). The second-order valence-electron chi connectivity index (χ2n) is 5.24.